The average Bonchev–Trinajstić information content (AvgIpc) is 2.94. The molecular weight excluding hydrogens is 362 g/mol. The average molecular weight is 383 g/mol. The van der Waals surface area contributed by atoms with Gasteiger partial charge in [0.25, 0.3) is 10.0 Å². The van der Waals surface area contributed by atoms with Crippen molar-refractivity contribution in [2.45, 2.75) is 30.2 Å². The second-order valence-electron chi connectivity index (χ2n) is 6.95. The first-order chi connectivity index (χ1) is 13.0. The summed E-state index contributed by atoms with van der Waals surface area (Å²) in [5.74, 6) is 0.161. The van der Waals surface area contributed by atoms with E-state index < -0.39 is 10.0 Å². The standard InChI is InChI=1S/C20H21N3O3S/c1-23(20-16-10-4-5-12-18(16)27(25,26)22-20)13-19(24)21-17-11-6-8-14-7-2-3-9-15(14)17/h2-5,7,9-10,12,17H,6,8,11,13H2,1H3,(H,21,24)/t17-/m0/s1. The normalized spacial score (nSPS) is 19.6. The van der Waals surface area contributed by atoms with Crippen molar-refractivity contribution in [3.05, 3.63) is 65.2 Å². The summed E-state index contributed by atoms with van der Waals surface area (Å²) in [4.78, 5) is 14.4. The number of sulfonamides is 1. The van der Waals surface area contributed by atoms with Crippen molar-refractivity contribution < 1.29 is 13.2 Å². The van der Waals surface area contributed by atoms with E-state index in [9.17, 15) is 13.2 Å². The quantitative estimate of drug-likeness (QED) is 0.882. The van der Waals surface area contributed by atoms with E-state index in [0.717, 1.165) is 19.3 Å². The van der Waals surface area contributed by atoms with Gasteiger partial charge in [0.2, 0.25) is 5.91 Å². The predicted molar refractivity (Wildman–Crippen MR) is 103 cm³/mol. The highest BCUT2D eigenvalue weighted by Gasteiger charge is 2.31. The van der Waals surface area contributed by atoms with Gasteiger partial charge in [0.15, 0.2) is 5.84 Å². The van der Waals surface area contributed by atoms with Gasteiger partial charge in [-0.1, -0.05) is 36.4 Å². The van der Waals surface area contributed by atoms with E-state index in [2.05, 4.69) is 21.8 Å². The number of amides is 1. The molecule has 0 spiro atoms. The minimum absolute atomic E-state index is 0.00242. The monoisotopic (exact) mass is 383 g/mol. The van der Waals surface area contributed by atoms with Crippen LogP contribution in [-0.4, -0.2) is 38.7 Å². The van der Waals surface area contributed by atoms with Crippen LogP contribution in [0.2, 0.25) is 0 Å². The Kier molecular flexibility index (Phi) is 4.47. The van der Waals surface area contributed by atoms with Crippen molar-refractivity contribution in [1.82, 2.24) is 10.2 Å². The lowest BCUT2D eigenvalue weighted by Crippen LogP contribution is -2.40. The van der Waals surface area contributed by atoms with Crippen molar-refractivity contribution >= 4 is 21.8 Å². The SMILES string of the molecule is CN(CC(=O)N[C@H]1CCCc2ccccc21)C1=NS(=O)(=O)c2ccccc21. The fourth-order valence-corrected chi connectivity index (χ4v) is 5.05. The highest BCUT2D eigenvalue weighted by Crippen LogP contribution is 2.30. The number of aryl methyl sites for hydroxylation is 1. The maximum absolute atomic E-state index is 12.6. The number of rotatable bonds is 3. The number of hydrogen-bond donors (Lipinski definition) is 1. The maximum atomic E-state index is 12.6. The summed E-state index contributed by atoms with van der Waals surface area (Å²) in [5, 5.41) is 3.09. The van der Waals surface area contributed by atoms with E-state index >= 15 is 0 Å². The molecule has 1 aliphatic heterocycles. The lowest BCUT2D eigenvalue weighted by molar-refractivity contribution is -0.122. The Labute approximate surface area is 159 Å². The second-order valence-corrected chi connectivity index (χ2v) is 8.53. The first-order valence-electron chi connectivity index (χ1n) is 8.98. The molecule has 0 bridgehead atoms. The van der Waals surface area contributed by atoms with Gasteiger partial charge in [0, 0.05) is 12.6 Å². The number of benzene rings is 2. The molecule has 140 valence electrons. The first-order valence-corrected chi connectivity index (χ1v) is 10.4. The van der Waals surface area contributed by atoms with Crippen LogP contribution in [0.4, 0.5) is 0 Å². The van der Waals surface area contributed by atoms with Gasteiger partial charge in [0.05, 0.1) is 12.6 Å². The van der Waals surface area contributed by atoms with Crippen LogP contribution in [0.15, 0.2) is 57.8 Å². The van der Waals surface area contributed by atoms with Gasteiger partial charge < -0.3 is 10.2 Å². The summed E-state index contributed by atoms with van der Waals surface area (Å²) >= 11 is 0. The molecule has 27 heavy (non-hydrogen) atoms. The minimum Gasteiger partial charge on any atom is -0.349 e. The van der Waals surface area contributed by atoms with Crippen molar-refractivity contribution in [3.63, 3.8) is 0 Å². The third-order valence-corrected chi connectivity index (χ3v) is 6.38. The molecule has 1 aliphatic carbocycles. The summed E-state index contributed by atoms with van der Waals surface area (Å²) in [5.41, 5.74) is 2.99. The van der Waals surface area contributed by atoms with Gasteiger partial charge in [-0.05, 0) is 42.5 Å². The molecule has 4 rings (SSSR count). The van der Waals surface area contributed by atoms with E-state index in [1.165, 1.54) is 17.2 Å². The highest BCUT2D eigenvalue weighted by molar-refractivity contribution is 7.90. The number of likely N-dealkylation sites (N-methyl/N-ethyl adjacent to an activating group) is 1. The third kappa shape index (κ3) is 3.35. The third-order valence-electron chi connectivity index (χ3n) is 5.06. The highest BCUT2D eigenvalue weighted by atomic mass is 32.2. The Balaban J connectivity index is 1.49. The topological polar surface area (TPSA) is 78.8 Å². The molecule has 6 nitrogen and oxygen atoms in total. The minimum atomic E-state index is -3.69. The fraction of sp³-hybridized carbons (Fsp3) is 0.300. The van der Waals surface area contributed by atoms with Crippen LogP contribution in [0, 0.1) is 0 Å². The molecular formula is C20H21N3O3S. The summed E-state index contributed by atoms with van der Waals surface area (Å²) in [6, 6.07) is 14.9. The van der Waals surface area contributed by atoms with Gasteiger partial charge in [0.1, 0.15) is 4.90 Å². The summed E-state index contributed by atoms with van der Waals surface area (Å²) in [6.07, 6.45) is 2.98. The molecule has 0 aromatic heterocycles. The van der Waals surface area contributed by atoms with Crippen LogP contribution in [-0.2, 0) is 21.2 Å². The molecule has 0 fully saturated rings. The largest absolute Gasteiger partial charge is 0.349 e. The van der Waals surface area contributed by atoms with Crippen molar-refractivity contribution in [1.29, 1.82) is 0 Å². The van der Waals surface area contributed by atoms with Gasteiger partial charge >= 0.3 is 0 Å². The van der Waals surface area contributed by atoms with Gasteiger partial charge in [-0.3, -0.25) is 4.79 Å². The van der Waals surface area contributed by atoms with Gasteiger partial charge in [-0.2, -0.15) is 8.42 Å². The zero-order valence-electron chi connectivity index (χ0n) is 15.1. The lowest BCUT2D eigenvalue weighted by atomic mass is 9.88. The fourth-order valence-electron chi connectivity index (χ4n) is 3.80. The molecule has 0 radical (unpaired) electrons. The molecule has 0 saturated carbocycles. The Morgan fingerprint density at radius 3 is 2.78 bits per heavy atom. The molecule has 1 heterocycles. The number of carbonyl (C=O) groups is 1. The molecule has 7 heteroatoms. The molecule has 0 saturated heterocycles. The summed E-state index contributed by atoms with van der Waals surface area (Å²) in [7, 11) is -2.00. The van der Waals surface area contributed by atoms with Gasteiger partial charge in [-0.25, -0.2) is 0 Å². The van der Waals surface area contributed by atoms with Crippen molar-refractivity contribution in [3.8, 4) is 0 Å². The summed E-state index contributed by atoms with van der Waals surface area (Å²) < 4.78 is 28.2. The Morgan fingerprint density at radius 1 is 1.19 bits per heavy atom. The molecule has 2 aromatic rings. The zero-order valence-corrected chi connectivity index (χ0v) is 15.9. The van der Waals surface area contributed by atoms with Crippen LogP contribution >= 0.6 is 0 Å². The Morgan fingerprint density at radius 2 is 1.93 bits per heavy atom. The van der Waals surface area contributed by atoms with E-state index in [1.54, 1.807) is 30.1 Å². The van der Waals surface area contributed by atoms with E-state index in [1.807, 2.05) is 12.1 Å². The predicted octanol–water partition coefficient (Wildman–Crippen LogP) is 2.26. The Hall–Kier alpha value is -2.67. The zero-order chi connectivity index (χ0) is 19.0. The molecule has 0 unspecified atom stereocenters. The van der Waals surface area contributed by atoms with Crippen LogP contribution in [0.3, 0.4) is 0 Å². The number of carbonyl (C=O) groups excluding carboxylic acids is 1. The van der Waals surface area contributed by atoms with E-state index in [4.69, 9.17) is 0 Å². The second kappa shape index (κ2) is 6.81. The van der Waals surface area contributed by atoms with Crippen LogP contribution in [0.5, 0.6) is 0 Å². The molecule has 2 aliphatic rings. The van der Waals surface area contributed by atoms with E-state index in [0.29, 0.717) is 11.4 Å². The number of nitrogens with one attached hydrogen (secondary N) is 1. The van der Waals surface area contributed by atoms with Crippen molar-refractivity contribution in [2.24, 2.45) is 4.40 Å². The van der Waals surface area contributed by atoms with Crippen LogP contribution in [0.25, 0.3) is 0 Å². The maximum Gasteiger partial charge on any atom is 0.285 e. The van der Waals surface area contributed by atoms with E-state index in [-0.39, 0.29) is 23.4 Å². The van der Waals surface area contributed by atoms with Crippen LogP contribution in [0.1, 0.15) is 35.6 Å². The van der Waals surface area contributed by atoms with Crippen LogP contribution < -0.4 is 5.32 Å². The first kappa shape index (κ1) is 17.7. The summed E-state index contributed by atoms with van der Waals surface area (Å²) in [6.45, 7) is 0.0430. The molecule has 2 aromatic carbocycles. The smallest absolute Gasteiger partial charge is 0.285 e. The van der Waals surface area contributed by atoms with Gasteiger partial charge in [-0.15, -0.1) is 4.40 Å². The number of amidine groups is 1. The number of fused-ring (bicyclic) bond motifs is 2. The number of hydrogen-bond acceptors (Lipinski definition) is 4. The Bertz CT molecular complexity index is 1030. The molecule has 1 atom stereocenters. The lowest BCUT2D eigenvalue weighted by Gasteiger charge is -2.27. The molecule has 1 N–H and O–H groups in total. The number of nitrogens with zero attached hydrogens (tertiary/aromatic N) is 2. The van der Waals surface area contributed by atoms with Crippen molar-refractivity contribution in [2.75, 3.05) is 13.6 Å². The molecule has 1 amide bonds.